The van der Waals surface area contributed by atoms with E-state index in [4.69, 9.17) is 23.7 Å². The lowest BCUT2D eigenvalue weighted by Gasteiger charge is -2.43. The summed E-state index contributed by atoms with van der Waals surface area (Å²) in [5, 5.41) is 0. The molecule has 2 fully saturated rings. The van der Waals surface area contributed by atoms with E-state index in [0.29, 0.717) is 22.9 Å². The lowest BCUT2D eigenvalue weighted by atomic mass is 9.93. The standard InChI is InChI=1S/C14H15NO7/c1-18-9-4-8(5-10(19-2)11(9)20-3)15-6-14(12(15)16)7-21-13(17)22-14/h4-5H,6-7H2,1-3H3/t14-/m1/s1. The van der Waals surface area contributed by atoms with E-state index in [1.165, 1.54) is 26.2 Å². The van der Waals surface area contributed by atoms with Gasteiger partial charge in [-0.2, -0.15) is 0 Å². The molecule has 3 rings (SSSR count). The van der Waals surface area contributed by atoms with E-state index < -0.39 is 11.8 Å². The molecule has 2 aliphatic rings. The highest BCUT2D eigenvalue weighted by Crippen LogP contribution is 2.44. The Morgan fingerprint density at radius 2 is 1.73 bits per heavy atom. The minimum absolute atomic E-state index is 0.0639. The van der Waals surface area contributed by atoms with Crippen LogP contribution in [0.15, 0.2) is 12.1 Å². The molecular formula is C14H15NO7. The summed E-state index contributed by atoms with van der Waals surface area (Å²) in [5.41, 5.74) is -0.634. The van der Waals surface area contributed by atoms with Gasteiger partial charge in [-0.15, -0.1) is 0 Å². The number of hydrogen-bond acceptors (Lipinski definition) is 7. The molecule has 1 amide bonds. The van der Waals surface area contributed by atoms with Crippen molar-refractivity contribution in [3.63, 3.8) is 0 Å². The summed E-state index contributed by atoms with van der Waals surface area (Å²) in [5.74, 6) is 0.968. The fourth-order valence-electron chi connectivity index (χ4n) is 2.56. The zero-order valence-electron chi connectivity index (χ0n) is 12.4. The summed E-state index contributed by atoms with van der Waals surface area (Å²) in [6, 6.07) is 3.31. The van der Waals surface area contributed by atoms with Crippen LogP contribution in [-0.2, 0) is 14.3 Å². The molecule has 0 bridgehead atoms. The summed E-state index contributed by atoms with van der Waals surface area (Å²) in [7, 11) is 4.49. The van der Waals surface area contributed by atoms with E-state index in [2.05, 4.69) is 0 Å². The summed E-state index contributed by atoms with van der Waals surface area (Å²) in [6.07, 6.45) is -0.821. The van der Waals surface area contributed by atoms with Crippen LogP contribution in [-0.4, -0.2) is 52.1 Å². The molecule has 8 nitrogen and oxygen atoms in total. The van der Waals surface area contributed by atoms with Crippen LogP contribution >= 0.6 is 0 Å². The Morgan fingerprint density at radius 1 is 1.09 bits per heavy atom. The normalized spacial score (nSPS) is 23.0. The molecular weight excluding hydrogens is 294 g/mol. The van der Waals surface area contributed by atoms with Crippen LogP contribution in [0.2, 0.25) is 0 Å². The van der Waals surface area contributed by atoms with Gasteiger partial charge in [0, 0.05) is 12.1 Å². The molecule has 1 atom stereocenters. The minimum atomic E-state index is -1.20. The fourth-order valence-corrected chi connectivity index (χ4v) is 2.56. The maximum Gasteiger partial charge on any atom is 0.509 e. The van der Waals surface area contributed by atoms with Crippen molar-refractivity contribution in [1.82, 2.24) is 0 Å². The van der Waals surface area contributed by atoms with Gasteiger partial charge in [-0.1, -0.05) is 0 Å². The number of carbonyl (C=O) groups is 2. The lowest BCUT2D eigenvalue weighted by molar-refractivity contribution is -0.142. The average Bonchev–Trinajstić information content (AvgIpc) is 2.94. The van der Waals surface area contributed by atoms with Gasteiger partial charge in [0.25, 0.3) is 5.91 Å². The number of hydrogen-bond donors (Lipinski definition) is 0. The Labute approximate surface area is 126 Å². The number of β-lactam (4-membered cyclic amide) rings is 1. The van der Waals surface area contributed by atoms with E-state index in [-0.39, 0.29) is 19.1 Å². The SMILES string of the molecule is COc1cc(N2C[C@@]3(COC(=O)O3)C2=O)cc(OC)c1OC. The maximum atomic E-state index is 12.3. The average molecular weight is 309 g/mol. The van der Waals surface area contributed by atoms with Gasteiger partial charge in [0.15, 0.2) is 11.5 Å². The van der Waals surface area contributed by atoms with Gasteiger partial charge in [-0.25, -0.2) is 4.79 Å². The summed E-state index contributed by atoms with van der Waals surface area (Å²) in [6.45, 7) is 0.155. The summed E-state index contributed by atoms with van der Waals surface area (Å²) in [4.78, 5) is 24.9. The van der Waals surface area contributed by atoms with Gasteiger partial charge in [0.1, 0.15) is 6.61 Å². The second kappa shape index (κ2) is 4.97. The third-order valence-electron chi connectivity index (χ3n) is 3.71. The number of anilines is 1. The van der Waals surface area contributed by atoms with Gasteiger partial charge in [-0.3, -0.25) is 4.79 Å². The maximum absolute atomic E-state index is 12.3. The lowest BCUT2D eigenvalue weighted by Crippen LogP contribution is -2.68. The van der Waals surface area contributed by atoms with Crippen LogP contribution in [0.25, 0.3) is 0 Å². The predicted octanol–water partition coefficient (Wildman–Crippen LogP) is 0.965. The summed E-state index contributed by atoms with van der Waals surface area (Å²) < 4.78 is 25.4. The predicted molar refractivity (Wildman–Crippen MR) is 73.6 cm³/mol. The molecule has 2 saturated heterocycles. The Hall–Kier alpha value is -2.64. The Morgan fingerprint density at radius 3 is 2.14 bits per heavy atom. The Bertz CT molecular complexity index is 619. The van der Waals surface area contributed by atoms with Crippen LogP contribution in [0.4, 0.5) is 10.5 Å². The first kappa shape index (κ1) is 14.3. The number of rotatable bonds is 4. The van der Waals surface area contributed by atoms with Crippen LogP contribution in [0.5, 0.6) is 17.2 Å². The molecule has 2 heterocycles. The number of nitrogens with zero attached hydrogens (tertiary/aromatic N) is 1. The van der Waals surface area contributed by atoms with E-state index in [0.717, 1.165) is 0 Å². The molecule has 0 unspecified atom stereocenters. The molecule has 22 heavy (non-hydrogen) atoms. The third kappa shape index (κ3) is 1.91. The van der Waals surface area contributed by atoms with Crippen molar-refractivity contribution >= 4 is 17.7 Å². The van der Waals surface area contributed by atoms with Crippen molar-refractivity contribution in [3.05, 3.63) is 12.1 Å². The second-order valence-corrected chi connectivity index (χ2v) is 4.91. The van der Waals surface area contributed by atoms with Crippen molar-refractivity contribution in [3.8, 4) is 17.2 Å². The van der Waals surface area contributed by atoms with Crippen LogP contribution in [0.1, 0.15) is 0 Å². The Balaban J connectivity index is 1.91. The first-order chi connectivity index (χ1) is 10.5. The molecule has 118 valence electrons. The highest BCUT2D eigenvalue weighted by Gasteiger charge is 2.61. The van der Waals surface area contributed by atoms with E-state index in [1.807, 2.05) is 0 Å². The molecule has 0 saturated carbocycles. The molecule has 1 aromatic carbocycles. The van der Waals surface area contributed by atoms with Crippen molar-refractivity contribution in [2.24, 2.45) is 0 Å². The molecule has 0 aromatic heterocycles. The molecule has 0 N–H and O–H groups in total. The molecule has 1 aromatic rings. The van der Waals surface area contributed by atoms with Crippen molar-refractivity contribution in [2.45, 2.75) is 5.60 Å². The van der Waals surface area contributed by atoms with Crippen molar-refractivity contribution < 1.29 is 33.3 Å². The Kier molecular flexibility index (Phi) is 3.23. The molecule has 0 radical (unpaired) electrons. The number of methoxy groups -OCH3 is 3. The van der Waals surface area contributed by atoms with Gasteiger partial charge in [-0.05, 0) is 0 Å². The number of benzene rings is 1. The summed E-state index contributed by atoms with van der Waals surface area (Å²) >= 11 is 0. The van der Waals surface area contributed by atoms with Crippen molar-refractivity contribution in [1.29, 1.82) is 0 Å². The molecule has 0 aliphatic carbocycles. The van der Waals surface area contributed by atoms with Crippen molar-refractivity contribution in [2.75, 3.05) is 39.4 Å². The second-order valence-electron chi connectivity index (χ2n) is 4.91. The zero-order chi connectivity index (χ0) is 15.9. The number of ether oxygens (including phenoxy) is 5. The third-order valence-corrected chi connectivity index (χ3v) is 3.71. The van der Waals surface area contributed by atoms with E-state index >= 15 is 0 Å². The van der Waals surface area contributed by atoms with Crippen LogP contribution in [0, 0.1) is 0 Å². The fraction of sp³-hybridized carbons (Fsp3) is 0.429. The minimum Gasteiger partial charge on any atom is -0.493 e. The number of amides is 1. The molecule has 1 spiro atoms. The molecule has 2 aliphatic heterocycles. The quantitative estimate of drug-likeness (QED) is 0.605. The number of cyclic esters (lactones) is 1. The number of carbonyl (C=O) groups excluding carboxylic acids is 2. The highest BCUT2D eigenvalue weighted by molar-refractivity contribution is 6.08. The smallest absolute Gasteiger partial charge is 0.493 e. The van der Waals surface area contributed by atoms with E-state index in [9.17, 15) is 9.59 Å². The largest absolute Gasteiger partial charge is 0.509 e. The first-order valence-electron chi connectivity index (χ1n) is 6.52. The van der Waals surface area contributed by atoms with Gasteiger partial charge < -0.3 is 28.6 Å². The monoisotopic (exact) mass is 309 g/mol. The molecule has 8 heteroatoms. The highest BCUT2D eigenvalue weighted by atomic mass is 16.8. The van der Waals surface area contributed by atoms with Crippen LogP contribution in [0.3, 0.4) is 0 Å². The van der Waals surface area contributed by atoms with E-state index in [1.54, 1.807) is 12.1 Å². The topological polar surface area (TPSA) is 83.5 Å². The van der Waals surface area contributed by atoms with Crippen LogP contribution < -0.4 is 19.1 Å². The zero-order valence-corrected chi connectivity index (χ0v) is 12.4. The first-order valence-corrected chi connectivity index (χ1v) is 6.52. The van der Waals surface area contributed by atoms with Gasteiger partial charge in [0.05, 0.1) is 33.6 Å². The van der Waals surface area contributed by atoms with Gasteiger partial charge >= 0.3 is 6.16 Å². The van der Waals surface area contributed by atoms with Gasteiger partial charge in [0.2, 0.25) is 11.4 Å².